The maximum absolute atomic E-state index is 13.3. The van der Waals surface area contributed by atoms with Crippen LogP contribution in [0.1, 0.15) is 24.8 Å². The maximum atomic E-state index is 13.3. The molecule has 1 atom stereocenters. The van der Waals surface area contributed by atoms with Gasteiger partial charge in [-0.25, -0.2) is 8.42 Å². The van der Waals surface area contributed by atoms with E-state index in [1.807, 2.05) is 30.3 Å². The van der Waals surface area contributed by atoms with Crippen molar-refractivity contribution in [1.82, 2.24) is 9.62 Å². The lowest BCUT2D eigenvalue weighted by Crippen LogP contribution is -2.51. The van der Waals surface area contributed by atoms with E-state index in [4.69, 9.17) is 21.1 Å². The first kappa shape index (κ1) is 27.9. The van der Waals surface area contributed by atoms with Crippen molar-refractivity contribution in [1.29, 1.82) is 0 Å². The van der Waals surface area contributed by atoms with Gasteiger partial charge < -0.3 is 19.7 Å². The highest BCUT2D eigenvalue weighted by Crippen LogP contribution is 2.34. The number of rotatable bonds is 8. The van der Waals surface area contributed by atoms with E-state index in [0.29, 0.717) is 31.1 Å². The highest BCUT2D eigenvalue weighted by Gasteiger charge is 2.34. The lowest BCUT2D eigenvalue weighted by molar-refractivity contribution is -0.128. The van der Waals surface area contributed by atoms with Crippen LogP contribution in [-0.2, 0) is 26.2 Å². The number of carbonyl (C=O) groups excluding carboxylic acids is 2. The SMILES string of the molecule is O=C(NCc1ccccc1)[C@@H]1CN(C(=O)COc2ccc(S(=O)(=O)N3CCCCC3)cc2Cl)c2ccccc2O1. The Labute approximate surface area is 238 Å². The number of hydrogen-bond donors (Lipinski definition) is 1. The first-order valence-corrected chi connectivity index (χ1v) is 14.9. The minimum absolute atomic E-state index is 0.000573. The molecule has 0 unspecified atom stereocenters. The van der Waals surface area contributed by atoms with E-state index in [9.17, 15) is 18.0 Å². The Morgan fingerprint density at radius 3 is 2.45 bits per heavy atom. The van der Waals surface area contributed by atoms with E-state index in [1.54, 1.807) is 24.3 Å². The van der Waals surface area contributed by atoms with Crippen molar-refractivity contribution < 1.29 is 27.5 Å². The van der Waals surface area contributed by atoms with E-state index in [0.717, 1.165) is 24.8 Å². The zero-order valence-corrected chi connectivity index (χ0v) is 23.4. The molecule has 2 aliphatic rings. The van der Waals surface area contributed by atoms with Gasteiger partial charge in [0.15, 0.2) is 12.7 Å². The van der Waals surface area contributed by atoms with Gasteiger partial charge in [0.2, 0.25) is 10.0 Å². The van der Waals surface area contributed by atoms with Crippen LogP contribution in [0.4, 0.5) is 5.69 Å². The molecule has 9 nitrogen and oxygen atoms in total. The van der Waals surface area contributed by atoms with Gasteiger partial charge in [-0.05, 0) is 48.7 Å². The minimum atomic E-state index is -3.65. The first-order chi connectivity index (χ1) is 19.3. The minimum Gasteiger partial charge on any atom is -0.482 e. The van der Waals surface area contributed by atoms with Gasteiger partial charge in [0.05, 0.1) is 22.2 Å². The fourth-order valence-electron chi connectivity index (χ4n) is 4.74. The third kappa shape index (κ3) is 6.24. The number of ether oxygens (including phenoxy) is 2. The van der Waals surface area contributed by atoms with Crippen LogP contribution in [0.3, 0.4) is 0 Å². The third-order valence-corrected chi connectivity index (χ3v) is 9.07. The summed E-state index contributed by atoms with van der Waals surface area (Å²) in [5, 5.41) is 2.95. The van der Waals surface area contributed by atoms with Gasteiger partial charge >= 0.3 is 0 Å². The van der Waals surface area contributed by atoms with E-state index < -0.39 is 22.0 Å². The van der Waals surface area contributed by atoms with E-state index in [1.165, 1.54) is 27.4 Å². The second-order valence-corrected chi connectivity index (χ2v) is 12.0. The first-order valence-electron chi connectivity index (χ1n) is 13.1. The fraction of sp³-hybridized carbons (Fsp3) is 0.310. The molecule has 3 aromatic rings. The van der Waals surface area contributed by atoms with Gasteiger partial charge in [0.1, 0.15) is 11.5 Å². The van der Waals surface area contributed by atoms with Crippen LogP contribution in [0.15, 0.2) is 77.7 Å². The molecule has 11 heteroatoms. The average Bonchev–Trinajstić information content (AvgIpc) is 2.99. The number of benzene rings is 3. The molecule has 2 aliphatic heterocycles. The lowest BCUT2D eigenvalue weighted by Gasteiger charge is -2.34. The van der Waals surface area contributed by atoms with E-state index in [-0.39, 0.29) is 34.7 Å². The molecule has 210 valence electrons. The number of para-hydroxylation sites is 2. The van der Waals surface area contributed by atoms with Gasteiger partial charge in [-0.1, -0.05) is 60.5 Å². The highest BCUT2D eigenvalue weighted by atomic mass is 35.5. The molecule has 2 amide bonds. The molecule has 1 fully saturated rings. The molecule has 0 aromatic heterocycles. The summed E-state index contributed by atoms with van der Waals surface area (Å²) in [5.74, 6) is -0.151. The Bertz CT molecular complexity index is 1480. The number of nitrogens with zero attached hydrogens (tertiary/aromatic N) is 2. The van der Waals surface area contributed by atoms with Crippen molar-refractivity contribution in [3.05, 3.63) is 83.4 Å². The van der Waals surface area contributed by atoms with Gasteiger partial charge in [-0.2, -0.15) is 4.31 Å². The molecule has 1 N–H and O–H groups in total. The monoisotopic (exact) mass is 583 g/mol. The lowest BCUT2D eigenvalue weighted by atomic mass is 10.1. The molecule has 0 spiro atoms. The Kier molecular flexibility index (Phi) is 8.58. The van der Waals surface area contributed by atoms with Crippen molar-refractivity contribution in [3.63, 3.8) is 0 Å². The summed E-state index contributed by atoms with van der Waals surface area (Å²) >= 11 is 6.37. The fourth-order valence-corrected chi connectivity index (χ4v) is 6.58. The molecule has 5 rings (SSSR count). The molecule has 40 heavy (non-hydrogen) atoms. The number of fused-ring (bicyclic) bond motifs is 1. The molecule has 0 bridgehead atoms. The number of amides is 2. The van der Waals surface area contributed by atoms with Crippen LogP contribution in [0.2, 0.25) is 5.02 Å². The summed E-state index contributed by atoms with van der Waals surface area (Å²) in [6.45, 7) is 0.934. The summed E-state index contributed by atoms with van der Waals surface area (Å²) in [5.41, 5.74) is 1.47. The van der Waals surface area contributed by atoms with Gasteiger partial charge in [0, 0.05) is 19.6 Å². The molecule has 0 aliphatic carbocycles. The molecule has 3 aromatic carbocycles. The van der Waals surface area contributed by atoms with Crippen molar-refractivity contribution in [2.75, 3.05) is 31.1 Å². The Morgan fingerprint density at radius 2 is 1.70 bits per heavy atom. The van der Waals surface area contributed by atoms with Gasteiger partial charge in [0.25, 0.3) is 11.8 Å². The molecular formula is C29H30ClN3O6S. The Balaban J connectivity index is 1.25. The van der Waals surface area contributed by atoms with Gasteiger partial charge in [-0.3, -0.25) is 9.59 Å². The van der Waals surface area contributed by atoms with Crippen LogP contribution in [0, 0.1) is 0 Å². The summed E-state index contributed by atoms with van der Waals surface area (Å²) in [6, 6.07) is 20.7. The normalized spacial score (nSPS) is 17.4. The molecule has 0 saturated carbocycles. The molecular weight excluding hydrogens is 554 g/mol. The van der Waals surface area contributed by atoms with E-state index in [2.05, 4.69) is 5.32 Å². The largest absolute Gasteiger partial charge is 0.482 e. The van der Waals surface area contributed by atoms with Gasteiger partial charge in [-0.15, -0.1) is 0 Å². The van der Waals surface area contributed by atoms with Crippen molar-refractivity contribution in [2.24, 2.45) is 0 Å². The average molecular weight is 584 g/mol. The predicted molar refractivity (Wildman–Crippen MR) is 151 cm³/mol. The van der Waals surface area contributed by atoms with Crippen molar-refractivity contribution >= 4 is 39.1 Å². The van der Waals surface area contributed by atoms with E-state index >= 15 is 0 Å². The number of hydrogen-bond acceptors (Lipinski definition) is 6. The van der Waals surface area contributed by atoms with Crippen LogP contribution >= 0.6 is 11.6 Å². The van der Waals surface area contributed by atoms with Crippen LogP contribution in [-0.4, -0.2) is 56.9 Å². The maximum Gasteiger partial charge on any atom is 0.265 e. The standard InChI is InChI=1S/C29H30ClN3O6S/c30-23-17-22(40(36,37)32-15-7-2-8-16-32)13-14-25(23)38-20-28(34)33-19-27(39-26-12-6-5-11-24(26)33)29(35)31-18-21-9-3-1-4-10-21/h1,3-6,9-14,17,27H,2,7-8,15-16,18-20H2,(H,31,35)/t27-/m0/s1. The summed E-state index contributed by atoms with van der Waals surface area (Å²) in [6.07, 6.45) is 1.76. The summed E-state index contributed by atoms with van der Waals surface area (Å²) < 4.78 is 39.0. The highest BCUT2D eigenvalue weighted by molar-refractivity contribution is 7.89. The zero-order chi connectivity index (χ0) is 28.1. The van der Waals surface area contributed by atoms with Crippen molar-refractivity contribution in [3.8, 4) is 11.5 Å². The van der Waals surface area contributed by atoms with Crippen LogP contribution < -0.4 is 19.7 Å². The molecule has 0 radical (unpaired) electrons. The zero-order valence-electron chi connectivity index (χ0n) is 21.8. The second kappa shape index (κ2) is 12.3. The van der Waals surface area contributed by atoms with Crippen LogP contribution in [0.25, 0.3) is 0 Å². The number of piperidine rings is 1. The quantitative estimate of drug-likeness (QED) is 0.430. The molecule has 1 saturated heterocycles. The number of carbonyl (C=O) groups is 2. The van der Waals surface area contributed by atoms with Crippen LogP contribution in [0.5, 0.6) is 11.5 Å². The van der Waals surface area contributed by atoms with Crippen molar-refractivity contribution in [2.45, 2.75) is 36.8 Å². The Hall–Kier alpha value is -3.60. The summed E-state index contributed by atoms with van der Waals surface area (Å²) in [7, 11) is -3.65. The smallest absolute Gasteiger partial charge is 0.265 e. The number of halogens is 1. The number of anilines is 1. The number of nitrogens with one attached hydrogen (secondary N) is 1. The number of sulfonamides is 1. The third-order valence-electron chi connectivity index (χ3n) is 6.88. The topological polar surface area (TPSA) is 105 Å². The Morgan fingerprint density at radius 1 is 0.975 bits per heavy atom. The molecule has 2 heterocycles. The summed E-state index contributed by atoms with van der Waals surface area (Å²) in [4.78, 5) is 27.8. The second-order valence-electron chi connectivity index (χ2n) is 9.63. The predicted octanol–water partition coefficient (Wildman–Crippen LogP) is 4.00.